The third kappa shape index (κ3) is 1.71. The van der Waals surface area contributed by atoms with E-state index in [0.29, 0.717) is 6.04 Å². The van der Waals surface area contributed by atoms with Crippen LogP contribution in [0.15, 0.2) is 40.7 Å². The van der Waals surface area contributed by atoms with Crippen LogP contribution in [0.25, 0.3) is 0 Å². The van der Waals surface area contributed by atoms with Gasteiger partial charge in [0.2, 0.25) is 0 Å². The molecule has 0 unspecified atom stereocenters. The van der Waals surface area contributed by atoms with Gasteiger partial charge in [0, 0.05) is 13.1 Å². The zero-order chi connectivity index (χ0) is 13.4. The van der Waals surface area contributed by atoms with Gasteiger partial charge in [-0.05, 0) is 44.2 Å². The Labute approximate surface area is 120 Å². The molecule has 1 saturated carbocycles. The van der Waals surface area contributed by atoms with E-state index in [1.54, 1.807) is 0 Å². The second-order valence-corrected chi connectivity index (χ2v) is 6.19. The second kappa shape index (κ2) is 4.85. The standard InChI is InChI=1S/C16H22N4/c1-3-8-14(9-4-1)20-16(19-12-5-2-6-13-19)11-7-10-15(16)17-18-20/h1,3-4,8-9,15H,2,5-7,10-13H2/t15-,16+/m1/s1. The summed E-state index contributed by atoms with van der Waals surface area (Å²) in [4.78, 5) is 2.67. The lowest BCUT2D eigenvalue weighted by atomic mass is 9.97. The van der Waals surface area contributed by atoms with E-state index in [4.69, 9.17) is 0 Å². The van der Waals surface area contributed by atoms with Crippen molar-refractivity contribution < 1.29 is 0 Å². The van der Waals surface area contributed by atoms with Crippen molar-refractivity contribution in [2.75, 3.05) is 18.1 Å². The van der Waals surface area contributed by atoms with Crippen LogP contribution in [-0.2, 0) is 0 Å². The van der Waals surface area contributed by atoms with Crippen LogP contribution in [-0.4, -0.2) is 29.7 Å². The van der Waals surface area contributed by atoms with Gasteiger partial charge in [0.05, 0.1) is 5.69 Å². The number of hydrogen-bond acceptors (Lipinski definition) is 4. The average Bonchev–Trinajstić information content (AvgIpc) is 3.08. The van der Waals surface area contributed by atoms with E-state index in [2.05, 4.69) is 50.6 Å². The van der Waals surface area contributed by atoms with Crippen LogP contribution in [0.4, 0.5) is 5.69 Å². The predicted molar refractivity (Wildman–Crippen MR) is 79.6 cm³/mol. The second-order valence-electron chi connectivity index (χ2n) is 6.19. The van der Waals surface area contributed by atoms with Crippen LogP contribution < -0.4 is 5.01 Å². The van der Waals surface area contributed by atoms with Gasteiger partial charge >= 0.3 is 0 Å². The number of anilines is 1. The number of fused-ring (bicyclic) bond motifs is 1. The molecule has 1 aliphatic carbocycles. The highest BCUT2D eigenvalue weighted by Crippen LogP contribution is 2.47. The maximum atomic E-state index is 4.61. The molecule has 0 amide bonds. The van der Waals surface area contributed by atoms with Crippen molar-refractivity contribution >= 4 is 5.69 Å². The van der Waals surface area contributed by atoms with Crippen LogP contribution in [0.1, 0.15) is 38.5 Å². The Hall–Kier alpha value is -1.42. The fourth-order valence-electron chi connectivity index (χ4n) is 4.17. The first kappa shape index (κ1) is 12.3. The number of rotatable bonds is 2. The molecule has 2 aliphatic heterocycles. The molecule has 4 nitrogen and oxygen atoms in total. The summed E-state index contributed by atoms with van der Waals surface area (Å²) < 4.78 is 0. The van der Waals surface area contributed by atoms with Gasteiger partial charge in [-0.15, -0.1) is 0 Å². The summed E-state index contributed by atoms with van der Waals surface area (Å²) in [5.74, 6) is 0. The van der Waals surface area contributed by atoms with Crippen molar-refractivity contribution in [1.29, 1.82) is 0 Å². The van der Waals surface area contributed by atoms with Crippen LogP contribution >= 0.6 is 0 Å². The zero-order valence-electron chi connectivity index (χ0n) is 11.9. The molecule has 1 saturated heterocycles. The molecule has 0 aromatic heterocycles. The maximum Gasteiger partial charge on any atom is 0.141 e. The van der Waals surface area contributed by atoms with Crippen molar-refractivity contribution in [2.45, 2.75) is 50.2 Å². The lowest BCUT2D eigenvalue weighted by Crippen LogP contribution is -2.61. The van der Waals surface area contributed by atoms with E-state index in [1.165, 1.54) is 57.3 Å². The highest BCUT2D eigenvalue weighted by Gasteiger charge is 2.56. The largest absolute Gasteiger partial charge is 0.277 e. The summed E-state index contributed by atoms with van der Waals surface area (Å²) in [7, 11) is 0. The molecule has 4 rings (SSSR count). The van der Waals surface area contributed by atoms with E-state index in [-0.39, 0.29) is 5.66 Å². The highest BCUT2D eigenvalue weighted by atomic mass is 15.7. The summed E-state index contributed by atoms with van der Waals surface area (Å²) in [6.45, 7) is 2.40. The summed E-state index contributed by atoms with van der Waals surface area (Å²) in [5, 5.41) is 11.4. The highest BCUT2D eigenvalue weighted by molar-refractivity contribution is 5.49. The van der Waals surface area contributed by atoms with Gasteiger partial charge in [0.25, 0.3) is 0 Å². The molecule has 2 fully saturated rings. The number of hydrogen-bond donors (Lipinski definition) is 0. The first-order valence-electron chi connectivity index (χ1n) is 7.92. The monoisotopic (exact) mass is 270 g/mol. The molecule has 4 heteroatoms. The summed E-state index contributed by atoms with van der Waals surface area (Å²) in [6, 6.07) is 10.9. The normalized spacial score (nSPS) is 33.6. The lowest BCUT2D eigenvalue weighted by molar-refractivity contribution is 0.0683. The predicted octanol–water partition coefficient (Wildman–Crippen LogP) is 3.61. The Morgan fingerprint density at radius 3 is 2.60 bits per heavy atom. The molecule has 0 spiro atoms. The third-order valence-corrected chi connectivity index (χ3v) is 5.11. The van der Waals surface area contributed by atoms with E-state index >= 15 is 0 Å². The van der Waals surface area contributed by atoms with Gasteiger partial charge in [-0.2, -0.15) is 5.11 Å². The number of likely N-dealkylation sites (tertiary alicyclic amines) is 1. The molecular formula is C16H22N4. The SMILES string of the molecule is c1ccc(N2N=N[C@@H]3CCC[C@@]32N2CCCCC2)cc1. The van der Waals surface area contributed by atoms with Crippen LogP contribution in [0, 0.1) is 0 Å². The molecule has 3 aliphatic rings. The molecular weight excluding hydrogens is 248 g/mol. The van der Waals surface area contributed by atoms with Crippen LogP contribution in [0.5, 0.6) is 0 Å². The van der Waals surface area contributed by atoms with Crippen LogP contribution in [0.2, 0.25) is 0 Å². The minimum absolute atomic E-state index is 0.0295. The Bertz CT molecular complexity index is 494. The summed E-state index contributed by atoms with van der Waals surface area (Å²) in [5.41, 5.74) is 1.22. The first-order valence-corrected chi connectivity index (χ1v) is 7.92. The molecule has 0 bridgehead atoms. The van der Waals surface area contributed by atoms with Crippen LogP contribution in [0.3, 0.4) is 0 Å². The van der Waals surface area contributed by atoms with Gasteiger partial charge in [-0.25, -0.2) is 5.01 Å². The molecule has 106 valence electrons. The first-order chi connectivity index (χ1) is 9.91. The fraction of sp³-hybridized carbons (Fsp3) is 0.625. The van der Waals surface area contributed by atoms with Gasteiger partial charge in [-0.1, -0.05) is 29.8 Å². The quantitative estimate of drug-likeness (QED) is 0.822. The van der Waals surface area contributed by atoms with Gasteiger partial charge in [0.1, 0.15) is 11.7 Å². The summed E-state index contributed by atoms with van der Waals surface area (Å²) in [6.07, 6.45) is 7.65. The smallest absolute Gasteiger partial charge is 0.141 e. The zero-order valence-corrected chi connectivity index (χ0v) is 11.9. The van der Waals surface area contributed by atoms with Gasteiger partial charge in [0.15, 0.2) is 0 Å². The Kier molecular flexibility index (Phi) is 2.99. The van der Waals surface area contributed by atoms with Crippen molar-refractivity contribution in [1.82, 2.24) is 4.90 Å². The van der Waals surface area contributed by atoms with E-state index in [0.717, 1.165) is 0 Å². The molecule has 2 heterocycles. The maximum absolute atomic E-state index is 4.61. The number of para-hydroxylation sites is 1. The molecule has 2 atom stereocenters. The minimum Gasteiger partial charge on any atom is -0.277 e. The Morgan fingerprint density at radius 2 is 1.80 bits per heavy atom. The Morgan fingerprint density at radius 1 is 1.00 bits per heavy atom. The lowest BCUT2D eigenvalue weighted by Gasteiger charge is -2.46. The van der Waals surface area contributed by atoms with Gasteiger partial charge in [-0.3, -0.25) is 4.90 Å². The topological polar surface area (TPSA) is 31.2 Å². The summed E-state index contributed by atoms with van der Waals surface area (Å²) >= 11 is 0. The average molecular weight is 270 g/mol. The van der Waals surface area contributed by atoms with E-state index < -0.39 is 0 Å². The number of benzene rings is 1. The number of piperidine rings is 1. The molecule has 0 radical (unpaired) electrons. The van der Waals surface area contributed by atoms with Gasteiger partial charge < -0.3 is 0 Å². The van der Waals surface area contributed by atoms with Crippen molar-refractivity contribution in [3.05, 3.63) is 30.3 Å². The molecule has 20 heavy (non-hydrogen) atoms. The van der Waals surface area contributed by atoms with E-state index in [9.17, 15) is 0 Å². The molecule has 1 aromatic carbocycles. The fourth-order valence-corrected chi connectivity index (χ4v) is 4.17. The van der Waals surface area contributed by atoms with Crippen molar-refractivity contribution in [2.24, 2.45) is 10.3 Å². The molecule has 0 N–H and O–H groups in total. The Balaban J connectivity index is 1.72. The van der Waals surface area contributed by atoms with E-state index in [1.807, 2.05) is 0 Å². The van der Waals surface area contributed by atoms with Crippen molar-refractivity contribution in [3.8, 4) is 0 Å². The molecule has 1 aromatic rings. The number of nitrogens with zero attached hydrogens (tertiary/aromatic N) is 4. The third-order valence-electron chi connectivity index (χ3n) is 5.11. The minimum atomic E-state index is 0.0295. The van der Waals surface area contributed by atoms with Crippen molar-refractivity contribution in [3.63, 3.8) is 0 Å².